The molecule has 0 aliphatic carbocycles. The van der Waals surface area contributed by atoms with Crippen LogP contribution in [-0.4, -0.2) is 6.36 Å². The van der Waals surface area contributed by atoms with Crippen molar-refractivity contribution >= 4 is 0 Å². The maximum absolute atomic E-state index is 11.8. The molecule has 0 heterocycles. The molecule has 0 fully saturated rings. The highest BCUT2D eigenvalue weighted by molar-refractivity contribution is 5.44. The summed E-state index contributed by atoms with van der Waals surface area (Å²) in [5.74, 6) is 1.74. The summed E-state index contributed by atoms with van der Waals surface area (Å²) in [5.41, 5.74) is 0.0832. The lowest BCUT2D eigenvalue weighted by Gasteiger charge is -2.09. The van der Waals surface area contributed by atoms with Gasteiger partial charge < -0.3 is 4.74 Å². The van der Waals surface area contributed by atoms with Crippen molar-refractivity contribution in [1.29, 1.82) is 0 Å². The molecule has 1 nitrogen and oxygen atoms in total. The van der Waals surface area contributed by atoms with Crippen molar-refractivity contribution in [2.45, 2.75) is 6.36 Å². The van der Waals surface area contributed by atoms with Crippen LogP contribution in [-0.2, 0) is 0 Å². The Hall–Kier alpha value is -1.63. The van der Waals surface area contributed by atoms with Gasteiger partial charge in [0.1, 0.15) is 5.75 Å². The van der Waals surface area contributed by atoms with Gasteiger partial charge in [-0.05, 0) is 12.1 Å². The van der Waals surface area contributed by atoms with Crippen molar-refractivity contribution in [2.24, 2.45) is 0 Å². The molecular formula is C9H5F3O. The second-order valence-electron chi connectivity index (χ2n) is 2.19. The van der Waals surface area contributed by atoms with E-state index in [0.717, 1.165) is 0 Å². The molecule has 0 radical (unpaired) electrons. The molecule has 0 N–H and O–H groups in total. The van der Waals surface area contributed by atoms with Crippen molar-refractivity contribution in [3.8, 4) is 18.1 Å². The molecule has 13 heavy (non-hydrogen) atoms. The van der Waals surface area contributed by atoms with Crippen molar-refractivity contribution in [3.63, 3.8) is 0 Å². The molecule has 0 aliphatic rings. The molecule has 1 aromatic rings. The second-order valence-corrected chi connectivity index (χ2v) is 2.19. The van der Waals surface area contributed by atoms with Gasteiger partial charge in [0.05, 0.1) is 5.56 Å². The summed E-state index contributed by atoms with van der Waals surface area (Å²) in [6.45, 7) is 0. The van der Waals surface area contributed by atoms with E-state index in [1.165, 1.54) is 18.2 Å². The molecule has 0 amide bonds. The van der Waals surface area contributed by atoms with Gasteiger partial charge in [-0.15, -0.1) is 19.6 Å². The van der Waals surface area contributed by atoms with Crippen LogP contribution in [0.5, 0.6) is 5.75 Å². The van der Waals surface area contributed by atoms with Crippen LogP contribution in [0.1, 0.15) is 5.56 Å². The summed E-state index contributed by atoms with van der Waals surface area (Å²) < 4.78 is 39.0. The van der Waals surface area contributed by atoms with E-state index in [9.17, 15) is 13.2 Å². The van der Waals surface area contributed by atoms with Gasteiger partial charge in [0.15, 0.2) is 0 Å². The normalized spacial score (nSPS) is 10.6. The monoisotopic (exact) mass is 186 g/mol. The van der Waals surface area contributed by atoms with Crippen LogP contribution in [0.2, 0.25) is 0 Å². The predicted octanol–water partition coefficient (Wildman–Crippen LogP) is 2.57. The number of rotatable bonds is 1. The Labute approximate surface area is 73.1 Å². The Kier molecular flexibility index (Phi) is 2.47. The maximum Gasteiger partial charge on any atom is 0.573 e. The van der Waals surface area contributed by atoms with Gasteiger partial charge in [-0.25, -0.2) is 0 Å². The van der Waals surface area contributed by atoms with Gasteiger partial charge in [0, 0.05) is 0 Å². The zero-order valence-corrected chi connectivity index (χ0v) is 6.43. The van der Waals surface area contributed by atoms with E-state index in [1.54, 1.807) is 6.07 Å². The first kappa shape index (κ1) is 9.46. The molecule has 0 spiro atoms. The Morgan fingerprint density at radius 3 is 2.38 bits per heavy atom. The van der Waals surface area contributed by atoms with Crippen LogP contribution in [0.4, 0.5) is 13.2 Å². The SMILES string of the molecule is C#Cc1ccccc1OC(F)(F)F. The lowest BCUT2D eigenvalue weighted by Crippen LogP contribution is -2.17. The van der Waals surface area contributed by atoms with E-state index in [1.807, 2.05) is 0 Å². The first-order chi connectivity index (χ1) is 6.03. The van der Waals surface area contributed by atoms with Crippen molar-refractivity contribution in [2.75, 3.05) is 0 Å². The van der Waals surface area contributed by atoms with Gasteiger partial charge >= 0.3 is 6.36 Å². The standard InChI is InChI=1S/C9H5F3O/c1-2-7-5-3-4-6-8(7)13-9(10,11)12/h1,3-6H. The summed E-state index contributed by atoms with van der Waals surface area (Å²) in [7, 11) is 0. The molecule has 1 rings (SSSR count). The summed E-state index contributed by atoms with van der Waals surface area (Å²) >= 11 is 0. The van der Waals surface area contributed by atoms with Crippen LogP contribution < -0.4 is 4.74 Å². The smallest absolute Gasteiger partial charge is 0.404 e. The molecule has 0 saturated heterocycles. The Morgan fingerprint density at radius 1 is 1.23 bits per heavy atom. The zero-order chi connectivity index (χ0) is 9.90. The molecular weight excluding hydrogens is 181 g/mol. The third-order valence-electron chi connectivity index (χ3n) is 1.27. The third kappa shape index (κ3) is 2.71. The van der Waals surface area contributed by atoms with Gasteiger partial charge in [-0.2, -0.15) is 0 Å². The summed E-state index contributed by atoms with van der Waals surface area (Å²) in [6.07, 6.45) is 0.271. The van der Waals surface area contributed by atoms with Crippen LogP contribution in [0.3, 0.4) is 0 Å². The van der Waals surface area contributed by atoms with Crippen molar-refractivity contribution in [3.05, 3.63) is 29.8 Å². The minimum Gasteiger partial charge on any atom is -0.404 e. The first-order valence-corrected chi connectivity index (χ1v) is 3.34. The molecule has 0 aromatic heterocycles. The fraction of sp³-hybridized carbons (Fsp3) is 0.111. The number of para-hydroxylation sites is 1. The number of alkyl halides is 3. The fourth-order valence-electron chi connectivity index (χ4n) is 0.800. The number of terminal acetylenes is 1. The van der Waals surface area contributed by atoms with Gasteiger partial charge in [-0.3, -0.25) is 0 Å². The van der Waals surface area contributed by atoms with Crippen molar-refractivity contribution in [1.82, 2.24) is 0 Å². The Morgan fingerprint density at radius 2 is 1.85 bits per heavy atom. The van der Waals surface area contributed by atoms with E-state index < -0.39 is 6.36 Å². The molecule has 4 heteroatoms. The quantitative estimate of drug-likeness (QED) is 0.612. The molecule has 0 bridgehead atoms. The topological polar surface area (TPSA) is 9.23 Å². The van der Waals surface area contributed by atoms with Gasteiger partial charge in [0.2, 0.25) is 0 Å². The highest BCUT2D eigenvalue weighted by atomic mass is 19.4. The maximum atomic E-state index is 11.8. The summed E-state index contributed by atoms with van der Waals surface area (Å²) in [5, 5.41) is 0. The largest absolute Gasteiger partial charge is 0.573 e. The van der Waals surface area contributed by atoms with E-state index in [0.29, 0.717) is 0 Å². The average molecular weight is 186 g/mol. The first-order valence-electron chi connectivity index (χ1n) is 3.34. The minimum absolute atomic E-state index is 0.0832. The number of hydrogen-bond donors (Lipinski definition) is 0. The Balaban J connectivity index is 2.96. The molecule has 0 unspecified atom stereocenters. The van der Waals surface area contributed by atoms with Crippen LogP contribution in [0.25, 0.3) is 0 Å². The molecule has 68 valence electrons. The number of hydrogen-bond acceptors (Lipinski definition) is 1. The zero-order valence-electron chi connectivity index (χ0n) is 6.43. The molecule has 0 saturated carbocycles. The van der Waals surface area contributed by atoms with Crippen LogP contribution in [0, 0.1) is 12.3 Å². The molecule has 0 aliphatic heterocycles. The number of ether oxygens (including phenoxy) is 1. The van der Waals surface area contributed by atoms with Gasteiger partial charge in [0.25, 0.3) is 0 Å². The number of benzene rings is 1. The number of halogens is 3. The van der Waals surface area contributed by atoms with Crippen LogP contribution >= 0.6 is 0 Å². The molecule has 1 aromatic carbocycles. The van der Waals surface area contributed by atoms with Gasteiger partial charge in [-0.1, -0.05) is 18.1 Å². The van der Waals surface area contributed by atoms with E-state index in [4.69, 9.17) is 6.42 Å². The lowest BCUT2D eigenvalue weighted by molar-refractivity contribution is -0.274. The predicted molar refractivity (Wildman–Crippen MR) is 41.1 cm³/mol. The second kappa shape index (κ2) is 3.40. The van der Waals surface area contributed by atoms with E-state index in [-0.39, 0.29) is 11.3 Å². The average Bonchev–Trinajstić information content (AvgIpc) is 2.02. The highest BCUT2D eigenvalue weighted by Crippen LogP contribution is 2.25. The minimum atomic E-state index is -4.70. The van der Waals surface area contributed by atoms with Crippen LogP contribution in [0.15, 0.2) is 24.3 Å². The van der Waals surface area contributed by atoms with E-state index >= 15 is 0 Å². The van der Waals surface area contributed by atoms with Crippen molar-refractivity contribution < 1.29 is 17.9 Å². The highest BCUT2D eigenvalue weighted by Gasteiger charge is 2.31. The lowest BCUT2D eigenvalue weighted by atomic mass is 10.2. The molecule has 0 atom stereocenters. The Bertz CT molecular complexity index is 335. The summed E-state index contributed by atoms with van der Waals surface area (Å²) in [4.78, 5) is 0. The third-order valence-corrected chi connectivity index (χ3v) is 1.27. The van der Waals surface area contributed by atoms with E-state index in [2.05, 4.69) is 10.7 Å². The fourth-order valence-corrected chi connectivity index (χ4v) is 0.800. The summed E-state index contributed by atoms with van der Waals surface area (Å²) in [6, 6.07) is 5.50.